The summed E-state index contributed by atoms with van der Waals surface area (Å²) in [4.78, 5) is 2.26. The summed E-state index contributed by atoms with van der Waals surface area (Å²) >= 11 is 7.19. The number of aromatic nitrogens is 1. The van der Waals surface area contributed by atoms with Gasteiger partial charge in [-0.2, -0.15) is 0 Å². The van der Waals surface area contributed by atoms with Crippen LogP contribution in [0.3, 0.4) is 0 Å². The fourth-order valence-electron chi connectivity index (χ4n) is 3.97. The van der Waals surface area contributed by atoms with Crippen molar-refractivity contribution in [3.8, 4) is 17.0 Å². The van der Waals surface area contributed by atoms with E-state index in [4.69, 9.17) is 4.74 Å². The van der Waals surface area contributed by atoms with E-state index in [0.29, 0.717) is 45.9 Å². The molecule has 0 saturated heterocycles. The van der Waals surface area contributed by atoms with Crippen LogP contribution in [0.1, 0.15) is 25.3 Å². The van der Waals surface area contributed by atoms with Crippen LogP contribution in [-0.4, -0.2) is 44.5 Å². The molecule has 0 bridgehead atoms. The Hall–Kier alpha value is -2.13. The molecule has 0 spiro atoms. The molecular weight excluding hydrogens is 592 g/mol. The third kappa shape index (κ3) is 5.21. The van der Waals surface area contributed by atoms with Gasteiger partial charge in [0.15, 0.2) is 5.75 Å². The lowest BCUT2D eigenvalue weighted by molar-refractivity contribution is 0.264. The number of hydrogen-bond donors (Lipinski definition) is 0. The van der Waals surface area contributed by atoms with Crippen molar-refractivity contribution in [2.24, 2.45) is 0 Å². The van der Waals surface area contributed by atoms with Crippen molar-refractivity contribution in [2.45, 2.75) is 24.7 Å². The highest BCUT2D eigenvalue weighted by molar-refractivity contribution is 9.11. The van der Waals surface area contributed by atoms with Crippen molar-refractivity contribution in [1.82, 2.24) is 8.87 Å². The fraction of sp³-hybridized carbons (Fsp3) is 0.259. The largest absolute Gasteiger partial charge is 0.489 e. The second-order valence-electron chi connectivity index (χ2n) is 8.97. The highest BCUT2D eigenvalue weighted by Gasteiger charge is 2.30. The van der Waals surface area contributed by atoms with Gasteiger partial charge < -0.3 is 9.64 Å². The molecule has 0 atom stereocenters. The summed E-state index contributed by atoms with van der Waals surface area (Å²) in [6.07, 6.45) is 0. The summed E-state index contributed by atoms with van der Waals surface area (Å²) in [7, 11) is -0.0110. The summed E-state index contributed by atoms with van der Waals surface area (Å²) in [6, 6.07) is 20.4. The molecule has 0 radical (unpaired) electrons. The first-order valence-electron chi connectivity index (χ1n) is 11.3. The van der Waals surface area contributed by atoms with Gasteiger partial charge in [-0.25, -0.2) is 12.4 Å². The Kier molecular flexibility index (Phi) is 7.76. The number of benzene rings is 3. The van der Waals surface area contributed by atoms with Crippen LogP contribution in [0.2, 0.25) is 0 Å². The van der Waals surface area contributed by atoms with Crippen molar-refractivity contribution in [1.29, 1.82) is 0 Å². The number of nitrogens with zero attached hydrogens (tertiary/aromatic N) is 2. The van der Waals surface area contributed by atoms with Crippen LogP contribution in [0, 0.1) is 0 Å². The van der Waals surface area contributed by atoms with Crippen molar-refractivity contribution in [3.63, 3.8) is 0 Å². The van der Waals surface area contributed by atoms with E-state index in [0.717, 1.165) is 15.6 Å². The summed E-state index contributed by atoms with van der Waals surface area (Å²) in [5, 5.41) is 0.714. The van der Waals surface area contributed by atoms with Crippen LogP contribution < -0.4 is 4.74 Å². The molecule has 0 aliphatic carbocycles. The van der Waals surface area contributed by atoms with Crippen molar-refractivity contribution >= 4 is 52.8 Å². The first-order valence-corrected chi connectivity index (χ1v) is 14.4. The summed E-state index contributed by atoms with van der Waals surface area (Å²) in [6.45, 7) is 5.28. The molecule has 0 aliphatic heterocycles. The van der Waals surface area contributed by atoms with E-state index >= 15 is 0 Å². The number of halogens is 2. The summed E-state index contributed by atoms with van der Waals surface area (Å²) in [5.41, 5.74) is 2.89. The van der Waals surface area contributed by atoms with Crippen LogP contribution in [0.15, 0.2) is 80.6 Å². The first kappa shape index (κ1) is 25.9. The minimum absolute atomic E-state index is 0.227. The van der Waals surface area contributed by atoms with Gasteiger partial charge in [0.1, 0.15) is 12.3 Å². The molecule has 184 valence electrons. The summed E-state index contributed by atoms with van der Waals surface area (Å²) < 4.78 is 37.7. The van der Waals surface area contributed by atoms with Gasteiger partial charge in [0.05, 0.1) is 10.4 Å². The smallest absolute Gasteiger partial charge is 0.268 e. The predicted molar refractivity (Wildman–Crippen MR) is 150 cm³/mol. The van der Waals surface area contributed by atoms with E-state index in [1.165, 1.54) is 3.97 Å². The topological polar surface area (TPSA) is 51.5 Å². The van der Waals surface area contributed by atoms with E-state index in [9.17, 15) is 8.42 Å². The number of hydrogen-bond acceptors (Lipinski definition) is 4. The maximum Gasteiger partial charge on any atom is 0.268 e. The average molecular weight is 620 g/mol. The van der Waals surface area contributed by atoms with Gasteiger partial charge in [0.2, 0.25) is 0 Å². The number of rotatable bonds is 8. The lowest BCUT2D eigenvalue weighted by Crippen LogP contribution is -2.19. The van der Waals surface area contributed by atoms with Crippen molar-refractivity contribution < 1.29 is 13.2 Å². The Balaban J connectivity index is 2.05. The molecule has 8 heteroatoms. The molecule has 0 saturated carbocycles. The summed E-state index contributed by atoms with van der Waals surface area (Å²) in [5.74, 6) is 0.847. The highest BCUT2D eigenvalue weighted by Crippen LogP contribution is 2.45. The predicted octanol–water partition coefficient (Wildman–Crippen LogP) is 7.13. The molecule has 4 rings (SSSR count). The molecule has 5 nitrogen and oxygen atoms in total. The lowest BCUT2D eigenvalue weighted by Gasteiger charge is -2.15. The number of ether oxygens (including phenoxy) is 1. The fourth-order valence-corrected chi connectivity index (χ4v) is 7.04. The van der Waals surface area contributed by atoms with Crippen LogP contribution in [0.25, 0.3) is 22.2 Å². The lowest BCUT2D eigenvalue weighted by atomic mass is 10.0. The van der Waals surface area contributed by atoms with E-state index in [-0.39, 0.29) is 4.90 Å². The van der Waals surface area contributed by atoms with Gasteiger partial charge in [0.25, 0.3) is 10.0 Å². The van der Waals surface area contributed by atoms with Gasteiger partial charge in [-0.15, -0.1) is 0 Å². The third-order valence-electron chi connectivity index (χ3n) is 5.81. The zero-order valence-corrected chi connectivity index (χ0v) is 24.1. The standard InChI is InChI=1S/C27H28Br2N2O3S/c1-18(2)19-10-12-22(13-11-19)35(32,33)31-25(20-8-6-5-7-9-20)27(34-15-14-30(3)4)23-16-21(28)17-24(29)26(23)31/h5-13,16-18H,14-15H2,1-4H3. The molecule has 35 heavy (non-hydrogen) atoms. The Bertz CT molecular complexity index is 1450. The molecule has 0 aliphatic rings. The Morgan fingerprint density at radius 3 is 2.23 bits per heavy atom. The van der Waals surface area contributed by atoms with Crippen LogP contribution >= 0.6 is 31.9 Å². The van der Waals surface area contributed by atoms with Crippen molar-refractivity contribution in [3.05, 3.63) is 81.2 Å². The molecule has 3 aromatic carbocycles. The normalized spacial score (nSPS) is 12.1. The monoisotopic (exact) mass is 618 g/mol. The molecule has 0 unspecified atom stereocenters. The van der Waals surface area contributed by atoms with Gasteiger partial charge in [-0.3, -0.25) is 0 Å². The van der Waals surface area contributed by atoms with Gasteiger partial charge in [-0.05, 0) is 65.8 Å². The molecule has 1 aromatic heterocycles. The van der Waals surface area contributed by atoms with E-state index < -0.39 is 10.0 Å². The molecular formula is C27H28Br2N2O3S. The Labute approximate surface area is 224 Å². The first-order chi connectivity index (χ1) is 16.6. The maximum absolute atomic E-state index is 14.2. The third-order valence-corrected chi connectivity index (χ3v) is 8.59. The molecule has 0 fully saturated rings. The number of fused-ring (bicyclic) bond motifs is 1. The van der Waals surface area contributed by atoms with E-state index in [2.05, 4.69) is 45.7 Å². The molecule has 0 amide bonds. The van der Waals surface area contributed by atoms with Gasteiger partial charge in [-0.1, -0.05) is 72.2 Å². The number of likely N-dealkylation sites (N-methyl/N-ethyl adjacent to an activating group) is 1. The molecule has 4 aromatic rings. The van der Waals surface area contributed by atoms with Gasteiger partial charge >= 0.3 is 0 Å². The molecule has 1 heterocycles. The van der Waals surface area contributed by atoms with E-state index in [1.54, 1.807) is 12.1 Å². The zero-order valence-electron chi connectivity index (χ0n) is 20.1. The second kappa shape index (κ2) is 10.5. The Morgan fingerprint density at radius 2 is 1.63 bits per heavy atom. The SMILES string of the molecule is CC(C)c1ccc(S(=O)(=O)n2c(-c3ccccc3)c(OCCN(C)C)c3cc(Br)cc(Br)c32)cc1. The van der Waals surface area contributed by atoms with Crippen molar-refractivity contribution in [2.75, 3.05) is 27.2 Å². The van der Waals surface area contributed by atoms with Crippen LogP contribution in [-0.2, 0) is 10.0 Å². The van der Waals surface area contributed by atoms with E-state index in [1.807, 2.05) is 73.6 Å². The minimum atomic E-state index is -3.96. The van der Waals surface area contributed by atoms with Gasteiger partial charge in [0, 0.05) is 26.4 Å². The van der Waals surface area contributed by atoms with Crippen LogP contribution in [0.4, 0.5) is 0 Å². The average Bonchev–Trinajstić information content (AvgIpc) is 3.14. The zero-order chi connectivity index (χ0) is 25.3. The molecule has 0 N–H and O–H groups in total. The highest BCUT2D eigenvalue weighted by atomic mass is 79.9. The Morgan fingerprint density at radius 1 is 0.971 bits per heavy atom. The second-order valence-corrected chi connectivity index (χ2v) is 12.5. The quantitative estimate of drug-likeness (QED) is 0.210. The maximum atomic E-state index is 14.2. The minimum Gasteiger partial charge on any atom is -0.489 e. The van der Waals surface area contributed by atoms with Crippen LogP contribution in [0.5, 0.6) is 5.75 Å².